The van der Waals surface area contributed by atoms with Gasteiger partial charge in [0.15, 0.2) is 10.1 Å². The van der Waals surface area contributed by atoms with Crippen molar-refractivity contribution in [3.05, 3.63) is 36.0 Å². The fourth-order valence-electron chi connectivity index (χ4n) is 1.95. The Balaban J connectivity index is 1.71. The molecular weight excluding hydrogens is 304 g/mol. The molecule has 0 atom stereocenters. The molecule has 3 rings (SSSR count). The third-order valence-electron chi connectivity index (χ3n) is 2.99. The van der Waals surface area contributed by atoms with Gasteiger partial charge >= 0.3 is 0 Å². The molecule has 0 saturated carbocycles. The predicted octanol–water partition coefficient (Wildman–Crippen LogP) is 3.06. The van der Waals surface area contributed by atoms with Gasteiger partial charge in [-0.25, -0.2) is 0 Å². The number of thioether (sulfide) groups is 1. The molecule has 7 heteroatoms. The van der Waals surface area contributed by atoms with Crippen molar-refractivity contribution in [3.63, 3.8) is 0 Å². The minimum Gasteiger partial charge on any atom is -0.360 e. The zero-order valence-corrected chi connectivity index (χ0v) is 13.3. The van der Waals surface area contributed by atoms with E-state index in [0.717, 1.165) is 25.9 Å². The van der Waals surface area contributed by atoms with Crippen LogP contribution in [-0.4, -0.2) is 40.8 Å². The average molecular weight is 318 g/mol. The molecule has 0 saturated heterocycles. The van der Waals surface area contributed by atoms with Gasteiger partial charge in [-0.2, -0.15) is 0 Å². The van der Waals surface area contributed by atoms with Crippen LogP contribution >= 0.6 is 23.1 Å². The summed E-state index contributed by atoms with van der Waals surface area (Å²) in [5.74, 6) is 0.461. The zero-order valence-electron chi connectivity index (χ0n) is 11.7. The standard InChI is InChI=1S/C14H14N4OS2/c1-18(2)13-16-17-14(21-13)20-8-12(19)10-7-15-11-6-4-3-5-9(10)11/h3-7,15H,8H2,1-2H3. The molecule has 0 aliphatic rings. The van der Waals surface area contributed by atoms with Gasteiger partial charge in [0.25, 0.3) is 0 Å². The Labute approximate surface area is 130 Å². The number of aromatic amines is 1. The number of anilines is 1. The average Bonchev–Trinajstić information content (AvgIpc) is 3.11. The molecule has 1 N–H and O–H groups in total. The second-order valence-corrected chi connectivity index (χ2v) is 6.88. The molecule has 0 radical (unpaired) electrons. The molecule has 0 unspecified atom stereocenters. The van der Waals surface area contributed by atoms with E-state index in [9.17, 15) is 4.79 Å². The van der Waals surface area contributed by atoms with Crippen LogP contribution < -0.4 is 4.90 Å². The number of rotatable bonds is 5. The predicted molar refractivity (Wildman–Crippen MR) is 87.6 cm³/mol. The van der Waals surface area contributed by atoms with E-state index in [1.165, 1.54) is 23.1 Å². The first kappa shape index (κ1) is 14.1. The summed E-state index contributed by atoms with van der Waals surface area (Å²) in [6.45, 7) is 0. The molecule has 0 bridgehead atoms. The summed E-state index contributed by atoms with van der Waals surface area (Å²) in [5.41, 5.74) is 1.71. The Morgan fingerprint density at radius 2 is 2.14 bits per heavy atom. The molecule has 1 aromatic carbocycles. The first-order valence-electron chi connectivity index (χ1n) is 6.38. The van der Waals surface area contributed by atoms with Crippen LogP contribution in [0.2, 0.25) is 0 Å². The number of carbonyl (C=O) groups is 1. The van der Waals surface area contributed by atoms with Gasteiger partial charge in [0.1, 0.15) is 0 Å². The maximum atomic E-state index is 12.3. The molecule has 5 nitrogen and oxygen atoms in total. The van der Waals surface area contributed by atoms with Crippen molar-refractivity contribution < 1.29 is 4.79 Å². The summed E-state index contributed by atoms with van der Waals surface area (Å²) < 4.78 is 0.812. The van der Waals surface area contributed by atoms with E-state index in [1.807, 2.05) is 43.3 Å². The van der Waals surface area contributed by atoms with Crippen molar-refractivity contribution in [1.29, 1.82) is 0 Å². The normalized spacial score (nSPS) is 11.0. The third-order valence-corrected chi connectivity index (χ3v) is 5.22. The Bertz CT molecular complexity index is 778. The van der Waals surface area contributed by atoms with Crippen molar-refractivity contribution in [3.8, 4) is 0 Å². The van der Waals surface area contributed by atoms with E-state index in [-0.39, 0.29) is 5.78 Å². The highest BCUT2D eigenvalue weighted by Gasteiger charge is 2.14. The van der Waals surface area contributed by atoms with E-state index in [0.29, 0.717) is 5.75 Å². The largest absolute Gasteiger partial charge is 0.360 e. The smallest absolute Gasteiger partial charge is 0.208 e. The molecular formula is C14H14N4OS2. The number of fused-ring (bicyclic) bond motifs is 1. The number of Topliss-reactive ketones (excluding diaryl/α,β-unsaturated/α-hetero) is 1. The molecule has 0 amide bonds. The van der Waals surface area contributed by atoms with Gasteiger partial charge in [-0.15, -0.1) is 10.2 Å². The van der Waals surface area contributed by atoms with Crippen LogP contribution in [0.1, 0.15) is 10.4 Å². The molecule has 0 fully saturated rings. The van der Waals surface area contributed by atoms with Crippen LogP contribution in [0.5, 0.6) is 0 Å². The van der Waals surface area contributed by atoms with E-state index in [2.05, 4.69) is 15.2 Å². The van der Waals surface area contributed by atoms with Crippen molar-refractivity contribution >= 4 is 44.9 Å². The number of carbonyl (C=O) groups excluding carboxylic acids is 1. The molecule has 21 heavy (non-hydrogen) atoms. The maximum Gasteiger partial charge on any atom is 0.208 e. The van der Waals surface area contributed by atoms with Gasteiger partial charge in [-0.3, -0.25) is 4.79 Å². The number of hydrogen-bond donors (Lipinski definition) is 1. The van der Waals surface area contributed by atoms with Gasteiger partial charge in [0.05, 0.1) is 5.75 Å². The van der Waals surface area contributed by atoms with Crippen molar-refractivity contribution in [1.82, 2.24) is 15.2 Å². The lowest BCUT2D eigenvalue weighted by Gasteiger charge is -2.03. The van der Waals surface area contributed by atoms with E-state index in [4.69, 9.17) is 0 Å². The van der Waals surface area contributed by atoms with Crippen molar-refractivity contribution in [2.75, 3.05) is 24.7 Å². The lowest BCUT2D eigenvalue weighted by molar-refractivity contribution is 0.102. The molecule has 3 aromatic rings. The van der Waals surface area contributed by atoms with E-state index < -0.39 is 0 Å². The number of nitrogens with zero attached hydrogens (tertiary/aromatic N) is 3. The first-order chi connectivity index (χ1) is 10.1. The number of benzene rings is 1. The second-order valence-electron chi connectivity index (χ2n) is 4.70. The summed E-state index contributed by atoms with van der Waals surface area (Å²) in [6.07, 6.45) is 1.78. The summed E-state index contributed by atoms with van der Waals surface area (Å²) in [7, 11) is 3.85. The highest BCUT2D eigenvalue weighted by atomic mass is 32.2. The fraction of sp³-hybridized carbons (Fsp3) is 0.214. The van der Waals surface area contributed by atoms with Gasteiger partial charge in [-0.05, 0) is 6.07 Å². The number of para-hydroxylation sites is 1. The van der Waals surface area contributed by atoms with E-state index >= 15 is 0 Å². The summed E-state index contributed by atoms with van der Waals surface area (Å²) in [5, 5.41) is 9.96. The number of H-pyrrole nitrogens is 1. The van der Waals surface area contributed by atoms with Gasteiger partial charge in [-0.1, -0.05) is 41.3 Å². The van der Waals surface area contributed by atoms with Crippen LogP contribution in [0.15, 0.2) is 34.8 Å². The van der Waals surface area contributed by atoms with Gasteiger partial charge < -0.3 is 9.88 Å². The summed E-state index contributed by atoms with van der Waals surface area (Å²) in [6, 6.07) is 7.81. The second kappa shape index (κ2) is 5.87. The lowest BCUT2D eigenvalue weighted by Crippen LogP contribution is -2.07. The highest BCUT2D eigenvalue weighted by molar-refractivity contribution is 8.01. The monoisotopic (exact) mass is 318 g/mol. The van der Waals surface area contributed by atoms with E-state index in [1.54, 1.807) is 6.20 Å². The number of aromatic nitrogens is 3. The SMILES string of the molecule is CN(C)c1nnc(SCC(=O)c2c[nH]c3ccccc23)s1. The summed E-state index contributed by atoms with van der Waals surface area (Å²) in [4.78, 5) is 17.4. The quantitative estimate of drug-likeness (QED) is 0.579. The Kier molecular flexibility index (Phi) is 3.94. The molecule has 108 valence electrons. The molecule has 0 spiro atoms. The summed E-state index contributed by atoms with van der Waals surface area (Å²) >= 11 is 2.92. The molecule has 0 aliphatic carbocycles. The topological polar surface area (TPSA) is 61.9 Å². The van der Waals surface area contributed by atoms with Gasteiger partial charge in [0, 0.05) is 36.8 Å². The fourth-order valence-corrected chi connectivity index (χ4v) is 3.60. The van der Waals surface area contributed by atoms with Crippen molar-refractivity contribution in [2.24, 2.45) is 0 Å². The number of hydrogen-bond acceptors (Lipinski definition) is 6. The highest BCUT2D eigenvalue weighted by Crippen LogP contribution is 2.28. The Morgan fingerprint density at radius 1 is 1.33 bits per heavy atom. The molecule has 2 heterocycles. The minimum absolute atomic E-state index is 0.0963. The number of nitrogens with one attached hydrogen (secondary N) is 1. The van der Waals surface area contributed by atoms with Crippen LogP contribution in [0, 0.1) is 0 Å². The zero-order chi connectivity index (χ0) is 14.8. The maximum absolute atomic E-state index is 12.3. The number of ketones is 1. The van der Waals surface area contributed by atoms with Crippen LogP contribution in [0.3, 0.4) is 0 Å². The molecule has 0 aliphatic heterocycles. The third kappa shape index (κ3) is 2.93. The van der Waals surface area contributed by atoms with Crippen LogP contribution in [0.4, 0.5) is 5.13 Å². The Morgan fingerprint density at radius 3 is 2.90 bits per heavy atom. The van der Waals surface area contributed by atoms with Gasteiger partial charge in [0.2, 0.25) is 5.13 Å². The Hall–Kier alpha value is -1.86. The first-order valence-corrected chi connectivity index (χ1v) is 8.18. The van der Waals surface area contributed by atoms with Crippen molar-refractivity contribution in [2.45, 2.75) is 4.34 Å². The lowest BCUT2D eigenvalue weighted by atomic mass is 10.1. The van der Waals surface area contributed by atoms with Crippen LogP contribution in [0.25, 0.3) is 10.9 Å². The minimum atomic E-state index is 0.0963. The van der Waals surface area contributed by atoms with Crippen LogP contribution in [-0.2, 0) is 0 Å². The molecule has 2 aromatic heterocycles.